The number of para-hydroxylation sites is 1. The molecule has 4 rings (SSSR count). The van der Waals surface area contributed by atoms with Crippen LogP contribution in [0.3, 0.4) is 0 Å². The molecular formula is C24H28N4O. The minimum atomic E-state index is 0.0751. The molecule has 1 aromatic carbocycles. The Morgan fingerprint density at radius 3 is 2.76 bits per heavy atom. The van der Waals surface area contributed by atoms with Crippen molar-refractivity contribution in [3.63, 3.8) is 0 Å². The van der Waals surface area contributed by atoms with Crippen LogP contribution in [0.25, 0.3) is 10.9 Å². The summed E-state index contributed by atoms with van der Waals surface area (Å²) in [6.07, 6.45) is 7.37. The van der Waals surface area contributed by atoms with E-state index in [-0.39, 0.29) is 11.8 Å². The molecule has 1 saturated heterocycles. The van der Waals surface area contributed by atoms with Crippen LogP contribution in [0.5, 0.6) is 0 Å². The second-order valence-corrected chi connectivity index (χ2v) is 7.74. The Morgan fingerprint density at radius 1 is 1.17 bits per heavy atom. The van der Waals surface area contributed by atoms with E-state index in [1.165, 1.54) is 11.1 Å². The highest BCUT2D eigenvalue weighted by molar-refractivity contribution is 5.92. The third-order valence-electron chi connectivity index (χ3n) is 5.65. The van der Waals surface area contributed by atoms with Crippen LogP contribution >= 0.6 is 0 Å². The normalized spacial score (nSPS) is 14.9. The fourth-order valence-corrected chi connectivity index (χ4v) is 4.07. The molecule has 0 unspecified atom stereocenters. The first-order chi connectivity index (χ1) is 14.2. The lowest BCUT2D eigenvalue weighted by Crippen LogP contribution is -2.40. The highest BCUT2D eigenvalue weighted by Gasteiger charge is 2.26. The van der Waals surface area contributed by atoms with Gasteiger partial charge in [0.15, 0.2) is 0 Å². The van der Waals surface area contributed by atoms with Gasteiger partial charge < -0.3 is 10.2 Å². The molecule has 1 amide bonds. The molecule has 1 aliphatic rings. The van der Waals surface area contributed by atoms with Crippen LogP contribution in [0, 0.1) is 5.92 Å². The fourth-order valence-electron chi connectivity index (χ4n) is 4.07. The van der Waals surface area contributed by atoms with Crippen molar-refractivity contribution in [3.05, 3.63) is 66.1 Å². The van der Waals surface area contributed by atoms with Gasteiger partial charge in [-0.1, -0.05) is 37.6 Å². The molecule has 5 nitrogen and oxygen atoms in total. The maximum atomic E-state index is 12.6. The SMILES string of the molecule is CCCc1cc(N2CCC(C(=O)NCc3cccnc3)CC2)c2ccccc2n1. The van der Waals surface area contributed by atoms with E-state index in [0.717, 1.165) is 55.5 Å². The number of nitrogens with one attached hydrogen (secondary N) is 1. The maximum absolute atomic E-state index is 12.6. The Hall–Kier alpha value is -2.95. The van der Waals surface area contributed by atoms with Crippen LogP contribution in [-0.2, 0) is 17.8 Å². The topological polar surface area (TPSA) is 58.1 Å². The number of piperidine rings is 1. The van der Waals surface area contributed by atoms with Crippen LogP contribution < -0.4 is 10.2 Å². The molecule has 2 aromatic heterocycles. The van der Waals surface area contributed by atoms with E-state index in [0.29, 0.717) is 6.54 Å². The Bertz CT molecular complexity index is 965. The minimum Gasteiger partial charge on any atom is -0.371 e. The summed E-state index contributed by atoms with van der Waals surface area (Å²) < 4.78 is 0. The first-order valence-electron chi connectivity index (χ1n) is 10.5. The zero-order valence-electron chi connectivity index (χ0n) is 17.0. The summed E-state index contributed by atoms with van der Waals surface area (Å²) in [5.74, 6) is 0.228. The summed E-state index contributed by atoms with van der Waals surface area (Å²) in [5.41, 5.74) is 4.50. The second-order valence-electron chi connectivity index (χ2n) is 7.74. The van der Waals surface area contributed by atoms with Crippen LogP contribution in [0.4, 0.5) is 5.69 Å². The molecule has 1 N–H and O–H groups in total. The predicted octanol–water partition coefficient (Wildman–Crippen LogP) is 4.12. The zero-order chi connectivity index (χ0) is 20.1. The molecule has 1 aliphatic heterocycles. The highest BCUT2D eigenvalue weighted by Crippen LogP contribution is 2.30. The van der Waals surface area contributed by atoms with Gasteiger partial charge in [-0.15, -0.1) is 0 Å². The van der Waals surface area contributed by atoms with Gasteiger partial charge in [-0.05, 0) is 43.0 Å². The molecule has 150 valence electrons. The summed E-state index contributed by atoms with van der Waals surface area (Å²) in [4.78, 5) is 24.0. The van der Waals surface area contributed by atoms with Gasteiger partial charge in [-0.2, -0.15) is 0 Å². The van der Waals surface area contributed by atoms with Crippen molar-refractivity contribution in [2.45, 2.75) is 39.2 Å². The monoisotopic (exact) mass is 388 g/mol. The van der Waals surface area contributed by atoms with Gasteiger partial charge in [0, 0.05) is 54.7 Å². The number of aryl methyl sites for hydroxylation is 1. The summed E-state index contributed by atoms with van der Waals surface area (Å²) in [7, 11) is 0. The molecule has 3 aromatic rings. The molecule has 0 atom stereocenters. The molecule has 29 heavy (non-hydrogen) atoms. The Balaban J connectivity index is 1.42. The molecular weight excluding hydrogens is 360 g/mol. The lowest BCUT2D eigenvalue weighted by atomic mass is 9.95. The van der Waals surface area contributed by atoms with Gasteiger partial charge in [-0.25, -0.2) is 0 Å². The number of benzene rings is 1. The number of rotatable bonds is 6. The van der Waals surface area contributed by atoms with E-state index in [4.69, 9.17) is 4.98 Å². The average Bonchev–Trinajstić information content (AvgIpc) is 2.78. The molecule has 0 aliphatic carbocycles. The van der Waals surface area contributed by atoms with Gasteiger partial charge in [0.2, 0.25) is 5.91 Å². The van der Waals surface area contributed by atoms with Gasteiger partial charge in [0.05, 0.1) is 5.52 Å². The zero-order valence-corrected chi connectivity index (χ0v) is 17.0. The predicted molar refractivity (Wildman–Crippen MR) is 117 cm³/mol. The number of fused-ring (bicyclic) bond motifs is 1. The minimum absolute atomic E-state index is 0.0751. The summed E-state index contributed by atoms with van der Waals surface area (Å²) in [6, 6.07) is 14.5. The highest BCUT2D eigenvalue weighted by atomic mass is 16.1. The van der Waals surface area contributed by atoms with Crippen molar-refractivity contribution in [1.29, 1.82) is 0 Å². The molecule has 1 fully saturated rings. The summed E-state index contributed by atoms with van der Waals surface area (Å²) in [6.45, 7) is 4.52. The van der Waals surface area contributed by atoms with Crippen LogP contribution in [0.15, 0.2) is 54.9 Å². The first-order valence-corrected chi connectivity index (χ1v) is 10.5. The van der Waals surface area contributed by atoms with E-state index in [1.807, 2.05) is 18.2 Å². The molecule has 0 bridgehead atoms. The van der Waals surface area contributed by atoms with Gasteiger partial charge in [0.25, 0.3) is 0 Å². The average molecular weight is 389 g/mol. The van der Waals surface area contributed by atoms with Crippen molar-refractivity contribution >= 4 is 22.5 Å². The van der Waals surface area contributed by atoms with E-state index < -0.39 is 0 Å². The standard InChI is InChI=1S/C24H28N4O/c1-2-6-20-15-23(21-8-3-4-9-22(21)27-20)28-13-10-19(11-14-28)24(29)26-17-18-7-5-12-25-16-18/h3-5,7-9,12,15-16,19H,2,6,10-11,13-14,17H2,1H3,(H,26,29). The van der Waals surface area contributed by atoms with Crippen LogP contribution in [-0.4, -0.2) is 29.0 Å². The summed E-state index contributed by atoms with van der Waals surface area (Å²) >= 11 is 0. The molecule has 0 spiro atoms. The summed E-state index contributed by atoms with van der Waals surface area (Å²) in [5, 5.41) is 4.27. The number of nitrogens with zero attached hydrogens (tertiary/aromatic N) is 3. The maximum Gasteiger partial charge on any atom is 0.223 e. The molecule has 0 saturated carbocycles. The van der Waals surface area contributed by atoms with Gasteiger partial charge >= 0.3 is 0 Å². The Labute approximate surface area is 172 Å². The number of hydrogen-bond acceptors (Lipinski definition) is 4. The number of pyridine rings is 2. The molecule has 0 radical (unpaired) electrons. The van der Waals surface area contributed by atoms with E-state index in [9.17, 15) is 4.79 Å². The number of carbonyl (C=O) groups is 1. The number of hydrogen-bond donors (Lipinski definition) is 1. The fraction of sp³-hybridized carbons (Fsp3) is 0.375. The van der Waals surface area contributed by atoms with Crippen molar-refractivity contribution in [2.24, 2.45) is 5.92 Å². The van der Waals surface area contributed by atoms with Gasteiger partial charge in [0.1, 0.15) is 0 Å². The van der Waals surface area contributed by atoms with Crippen LogP contribution in [0.1, 0.15) is 37.4 Å². The van der Waals surface area contributed by atoms with Crippen LogP contribution in [0.2, 0.25) is 0 Å². The first kappa shape index (κ1) is 19.4. The smallest absolute Gasteiger partial charge is 0.223 e. The third kappa shape index (κ3) is 4.56. The molecule has 3 heterocycles. The Kier molecular flexibility index (Phi) is 6.03. The largest absolute Gasteiger partial charge is 0.371 e. The lowest BCUT2D eigenvalue weighted by Gasteiger charge is -2.34. The van der Waals surface area contributed by atoms with E-state index in [2.05, 4.69) is 46.4 Å². The lowest BCUT2D eigenvalue weighted by molar-refractivity contribution is -0.125. The van der Waals surface area contributed by atoms with Crippen molar-refractivity contribution < 1.29 is 4.79 Å². The third-order valence-corrected chi connectivity index (χ3v) is 5.65. The van der Waals surface area contributed by atoms with Crippen molar-refractivity contribution in [1.82, 2.24) is 15.3 Å². The molecule has 5 heteroatoms. The number of amides is 1. The quantitative estimate of drug-likeness (QED) is 0.690. The van der Waals surface area contributed by atoms with Gasteiger partial charge in [-0.3, -0.25) is 14.8 Å². The number of aromatic nitrogens is 2. The number of carbonyl (C=O) groups excluding carboxylic acids is 1. The second kappa shape index (κ2) is 9.03. The van der Waals surface area contributed by atoms with Crippen molar-refractivity contribution in [3.8, 4) is 0 Å². The Morgan fingerprint density at radius 2 is 2.00 bits per heavy atom. The van der Waals surface area contributed by atoms with E-state index >= 15 is 0 Å². The number of anilines is 1. The van der Waals surface area contributed by atoms with Crippen molar-refractivity contribution in [2.75, 3.05) is 18.0 Å². The van der Waals surface area contributed by atoms with E-state index in [1.54, 1.807) is 12.4 Å².